The molecule has 5 heteroatoms. The molecule has 0 aromatic heterocycles. The van der Waals surface area contributed by atoms with E-state index in [2.05, 4.69) is 10.6 Å². The Morgan fingerprint density at radius 2 is 1.85 bits per heavy atom. The lowest BCUT2D eigenvalue weighted by Gasteiger charge is -2.28. The Bertz CT molecular complexity index is 933. The number of rotatable bonds is 2. The fourth-order valence-corrected chi connectivity index (χ4v) is 3.64. The van der Waals surface area contributed by atoms with Gasteiger partial charge in [-0.15, -0.1) is 0 Å². The number of aliphatic hydroxyl groups is 1. The molecule has 2 aliphatic rings. The van der Waals surface area contributed by atoms with Crippen molar-refractivity contribution in [2.24, 2.45) is 0 Å². The van der Waals surface area contributed by atoms with E-state index in [1.54, 1.807) is 18.2 Å². The van der Waals surface area contributed by atoms with Crippen LogP contribution in [0.2, 0.25) is 0 Å². The molecule has 2 aromatic rings. The van der Waals surface area contributed by atoms with E-state index in [1.807, 2.05) is 31.2 Å². The molecule has 132 valence electrons. The van der Waals surface area contributed by atoms with Gasteiger partial charge < -0.3 is 15.7 Å². The van der Waals surface area contributed by atoms with E-state index in [-0.39, 0.29) is 17.7 Å². The number of carbonyl (C=O) groups is 2. The molecule has 0 spiro atoms. The molecule has 0 bridgehead atoms. The quantitative estimate of drug-likeness (QED) is 0.665. The van der Waals surface area contributed by atoms with Crippen molar-refractivity contribution in [3.05, 3.63) is 71.1 Å². The Balaban J connectivity index is 1.64. The third kappa shape index (κ3) is 2.70. The van der Waals surface area contributed by atoms with Crippen molar-refractivity contribution in [2.45, 2.75) is 31.9 Å². The minimum atomic E-state index is -0.612. The van der Waals surface area contributed by atoms with Gasteiger partial charge in [0.1, 0.15) is 0 Å². The maximum absolute atomic E-state index is 12.8. The summed E-state index contributed by atoms with van der Waals surface area (Å²) in [7, 11) is 0. The van der Waals surface area contributed by atoms with E-state index in [1.165, 1.54) is 6.20 Å². The van der Waals surface area contributed by atoms with Gasteiger partial charge in [-0.1, -0.05) is 36.4 Å². The molecule has 5 nitrogen and oxygen atoms in total. The summed E-state index contributed by atoms with van der Waals surface area (Å²) >= 11 is 0. The van der Waals surface area contributed by atoms with Gasteiger partial charge in [0.25, 0.3) is 5.91 Å². The summed E-state index contributed by atoms with van der Waals surface area (Å²) in [4.78, 5) is 25.5. The standard InChI is InChI=1S/C21H20N2O3/c1-12-9-10-18(24)17(23-12)11-22-21(26)16-8-4-7-14-13-5-2-3-6-15(13)20(25)19(14)16/h2-8,11-12,18,23-24H,9-10H2,1H3,(H,22,26)/b17-11+/t12-,18-/m0/s1. The summed E-state index contributed by atoms with van der Waals surface area (Å²) in [5, 5.41) is 15.9. The molecule has 0 radical (unpaired) electrons. The molecule has 1 amide bonds. The van der Waals surface area contributed by atoms with Crippen LogP contribution in [0.15, 0.2) is 54.4 Å². The van der Waals surface area contributed by atoms with Crippen molar-refractivity contribution in [3.63, 3.8) is 0 Å². The fourth-order valence-electron chi connectivity index (χ4n) is 3.64. The first-order valence-electron chi connectivity index (χ1n) is 8.79. The Labute approximate surface area is 151 Å². The Hall–Kier alpha value is -2.92. The van der Waals surface area contributed by atoms with Gasteiger partial charge in [-0.2, -0.15) is 0 Å². The Morgan fingerprint density at radius 3 is 2.65 bits per heavy atom. The van der Waals surface area contributed by atoms with E-state index >= 15 is 0 Å². The molecule has 2 aromatic carbocycles. The van der Waals surface area contributed by atoms with Crippen molar-refractivity contribution in [3.8, 4) is 11.1 Å². The van der Waals surface area contributed by atoms with Crippen LogP contribution >= 0.6 is 0 Å². The summed E-state index contributed by atoms with van der Waals surface area (Å²) in [6, 6.07) is 12.9. The molecule has 1 aliphatic carbocycles. The van der Waals surface area contributed by atoms with Gasteiger partial charge in [0.2, 0.25) is 0 Å². The third-order valence-electron chi connectivity index (χ3n) is 5.00. The zero-order valence-electron chi connectivity index (χ0n) is 14.5. The van der Waals surface area contributed by atoms with Gasteiger partial charge in [0, 0.05) is 23.4 Å². The molecule has 1 aliphatic heterocycles. The first-order chi connectivity index (χ1) is 12.6. The van der Waals surface area contributed by atoms with Gasteiger partial charge >= 0.3 is 0 Å². The number of piperidine rings is 1. The summed E-state index contributed by atoms with van der Waals surface area (Å²) in [5.74, 6) is -0.485. The summed E-state index contributed by atoms with van der Waals surface area (Å²) in [5.41, 5.74) is 3.65. The van der Waals surface area contributed by atoms with Gasteiger partial charge in [-0.3, -0.25) is 9.59 Å². The van der Waals surface area contributed by atoms with Gasteiger partial charge in [0.15, 0.2) is 5.78 Å². The first kappa shape index (κ1) is 16.5. The third-order valence-corrected chi connectivity index (χ3v) is 5.00. The normalized spacial score (nSPS) is 22.5. The summed E-state index contributed by atoms with van der Waals surface area (Å²) in [6.45, 7) is 2.03. The Kier molecular flexibility index (Phi) is 4.09. The number of nitrogens with one attached hydrogen (secondary N) is 2. The van der Waals surface area contributed by atoms with Crippen LogP contribution in [0, 0.1) is 0 Å². The van der Waals surface area contributed by atoms with Crippen LogP contribution in [0.5, 0.6) is 0 Å². The highest BCUT2D eigenvalue weighted by Gasteiger charge is 2.30. The summed E-state index contributed by atoms with van der Waals surface area (Å²) in [6.07, 6.45) is 2.43. The van der Waals surface area contributed by atoms with Gasteiger partial charge in [0.05, 0.1) is 17.4 Å². The van der Waals surface area contributed by atoms with Gasteiger partial charge in [-0.25, -0.2) is 0 Å². The maximum Gasteiger partial charge on any atom is 0.256 e. The average Bonchev–Trinajstić information content (AvgIpc) is 2.95. The molecule has 0 saturated carbocycles. The topological polar surface area (TPSA) is 78.4 Å². The lowest BCUT2D eigenvalue weighted by atomic mass is 10.00. The van der Waals surface area contributed by atoms with Crippen LogP contribution in [-0.4, -0.2) is 28.9 Å². The fraction of sp³-hybridized carbons (Fsp3) is 0.238. The lowest BCUT2D eigenvalue weighted by Crippen LogP contribution is -2.39. The molecule has 3 N–H and O–H groups in total. The zero-order chi connectivity index (χ0) is 18.3. The minimum absolute atomic E-state index is 0.126. The van der Waals surface area contributed by atoms with E-state index < -0.39 is 6.10 Å². The second-order valence-electron chi connectivity index (χ2n) is 6.81. The highest BCUT2D eigenvalue weighted by molar-refractivity contribution is 6.25. The van der Waals surface area contributed by atoms with E-state index in [0.29, 0.717) is 28.8 Å². The van der Waals surface area contributed by atoms with Crippen molar-refractivity contribution in [1.82, 2.24) is 10.6 Å². The number of fused-ring (bicyclic) bond motifs is 3. The van der Waals surface area contributed by atoms with Crippen molar-refractivity contribution >= 4 is 11.7 Å². The molecule has 1 saturated heterocycles. The molecule has 0 unspecified atom stereocenters. The van der Waals surface area contributed by atoms with Crippen LogP contribution in [0.4, 0.5) is 0 Å². The largest absolute Gasteiger partial charge is 0.387 e. The van der Waals surface area contributed by atoms with Crippen molar-refractivity contribution < 1.29 is 14.7 Å². The number of amides is 1. The van der Waals surface area contributed by atoms with Gasteiger partial charge in [-0.05, 0) is 37.0 Å². The van der Waals surface area contributed by atoms with Crippen LogP contribution in [-0.2, 0) is 0 Å². The second-order valence-corrected chi connectivity index (χ2v) is 6.81. The number of hydrogen-bond acceptors (Lipinski definition) is 4. The monoisotopic (exact) mass is 348 g/mol. The molecule has 4 rings (SSSR count). The SMILES string of the molecule is C[C@H]1CC[C@H](O)/C(=C\NC(=O)c2cccc3c2C(=O)c2ccccc2-3)N1. The zero-order valence-corrected chi connectivity index (χ0v) is 14.5. The maximum atomic E-state index is 12.8. The lowest BCUT2D eigenvalue weighted by molar-refractivity contribution is 0.0955. The second kappa shape index (κ2) is 6.42. The molecule has 2 atom stereocenters. The minimum Gasteiger partial charge on any atom is -0.387 e. The average molecular weight is 348 g/mol. The molecule has 1 heterocycles. The Morgan fingerprint density at radius 1 is 1.12 bits per heavy atom. The van der Waals surface area contributed by atoms with E-state index in [0.717, 1.165) is 17.5 Å². The van der Waals surface area contributed by atoms with Crippen molar-refractivity contribution in [1.29, 1.82) is 0 Å². The first-order valence-corrected chi connectivity index (χ1v) is 8.79. The van der Waals surface area contributed by atoms with Crippen LogP contribution in [0.1, 0.15) is 46.0 Å². The van der Waals surface area contributed by atoms with Crippen LogP contribution in [0.25, 0.3) is 11.1 Å². The van der Waals surface area contributed by atoms with E-state index in [4.69, 9.17) is 0 Å². The predicted molar refractivity (Wildman–Crippen MR) is 98.7 cm³/mol. The summed E-state index contributed by atoms with van der Waals surface area (Å²) < 4.78 is 0. The highest BCUT2D eigenvalue weighted by atomic mass is 16.3. The van der Waals surface area contributed by atoms with Crippen LogP contribution in [0.3, 0.4) is 0 Å². The molecule has 1 fully saturated rings. The number of hydrogen-bond donors (Lipinski definition) is 3. The number of ketones is 1. The van der Waals surface area contributed by atoms with E-state index in [9.17, 15) is 14.7 Å². The smallest absolute Gasteiger partial charge is 0.256 e. The predicted octanol–water partition coefficient (Wildman–Crippen LogP) is 2.60. The molecular weight excluding hydrogens is 328 g/mol. The number of benzene rings is 2. The molecule has 26 heavy (non-hydrogen) atoms. The molecular formula is C21H20N2O3. The van der Waals surface area contributed by atoms with Crippen LogP contribution < -0.4 is 10.6 Å². The number of carbonyl (C=O) groups excluding carboxylic acids is 2. The van der Waals surface area contributed by atoms with Crippen molar-refractivity contribution in [2.75, 3.05) is 0 Å². The highest BCUT2D eigenvalue weighted by Crippen LogP contribution is 2.38. The number of aliphatic hydroxyl groups excluding tert-OH is 1.